The highest BCUT2D eigenvalue weighted by Gasteiger charge is 2.23. The summed E-state index contributed by atoms with van der Waals surface area (Å²) in [6.45, 7) is 3.71. The Morgan fingerprint density at radius 3 is 2.35 bits per heavy atom. The molecule has 0 aliphatic heterocycles. The fourth-order valence-electron chi connectivity index (χ4n) is 2.22. The van der Waals surface area contributed by atoms with E-state index in [0.29, 0.717) is 5.75 Å². The van der Waals surface area contributed by atoms with Gasteiger partial charge in [0.25, 0.3) is 0 Å². The van der Waals surface area contributed by atoms with E-state index in [1.54, 1.807) is 12.1 Å². The summed E-state index contributed by atoms with van der Waals surface area (Å²) >= 11 is 0. The molecule has 0 unspecified atom stereocenters. The Bertz CT molecular complexity index is 846. The average molecular weight is 377 g/mol. The van der Waals surface area contributed by atoms with Crippen molar-refractivity contribution >= 4 is 16.0 Å². The third-order valence-corrected chi connectivity index (χ3v) is 5.50. The molecule has 0 radical (unpaired) electrons. The molecule has 7 heteroatoms. The molecular formula is C19H23NO5S. The number of aryl methyl sites for hydroxylation is 2. The van der Waals surface area contributed by atoms with E-state index in [9.17, 15) is 13.2 Å². The van der Waals surface area contributed by atoms with Crippen LogP contribution in [-0.2, 0) is 19.6 Å². The normalized spacial score (nSPS) is 11.4. The molecule has 2 aromatic carbocycles. The highest BCUT2D eigenvalue weighted by atomic mass is 32.2. The van der Waals surface area contributed by atoms with Crippen molar-refractivity contribution < 1.29 is 22.7 Å². The first-order valence-corrected chi connectivity index (χ1v) is 9.61. The van der Waals surface area contributed by atoms with Gasteiger partial charge < -0.3 is 9.47 Å². The van der Waals surface area contributed by atoms with Crippen LogP contribution in [-0.4, -0.2) is 45.5 Å². The fraction of sp³-hybridized carbons (Fsp3) is 0.316. The number of likely N-dealkylation sites (N-methyl/N-ethyl adjacent to an activating group) is 1. The Morgan fingerprint density at radius 1 is 1.00 bits per heavy atom. The zero-order valence-electron chi connectivity index (χ0n) is 15.1. The molecular weight excluding hydrogens is 354 g/mol. The Hall–Kier alpha value is -2.38. The largest absolute Gasteiger partial charge is 0.490 e. The minimum Gasteiger partial charge on any atom is -0.490 e. The minimum absolute atomic E-state index is 0.0468. The van der Waals surface area contributed by atoms with Crippen molar-refractivity contribution in [1.29, 1.82) is 0 Å². The molecule has 140 valence electrons. The van der Waals surface area contributed by atoms with Gasteiger partial charge in [0.15, 0.2) is 0 Å². The maximum atomic E-state index is 12.4. The zero-order valence-corrected chi connectivity index (χ0v) is 16.0. The van der Waals surface area contributed by atoms with Crippen LogP contribution in [0.3, 0.4) is 0 Å². The summed E-state index contributed by atoms with van der Waals surface area (Å²) in [6.07, 6.45) is 0. The van der Waals surface area contributed by atoms with Gasteiger partial charge in [-0.1, -0.05) is 29.8 Å². The van der Waals surface area contributed by atoms with Crippen LogP contribution in [0.25, 0.3) is 0 Å². The van der Waals surface area contributed by atoms with Crippen LogP contribution in [0.15, 0.2) is 53.4 Å². The van der Waals surface area contributed by atoms with E-state index in [2.05, 4.69) is 0 Å². The maximum Gasteiger partial charge on any atom is 0.321 e. The first kappa shape index (κ1) is 19.9. The molecule has 0 saturated carbocycles. The van der Waals surface area contributed by atoms with E-state index in [-0.39, 0.29) is 24.7 Å². The third-order valence-electron chi connectivity index (χ3n) is 3.69. The smallest absolute Gasteiger partial charge is 0.321 e. The molecule has 26 heavy (non-hydrogen) atoms. The standard InChI is InChI=1S/C19H23NO5S/c1-15-7-9-18(10-8-15)26(22,23)20(3)14-19(21)25-12-11-24-17-6-4-5-16(2)13-17/h4-10,13H,11-12,14H2,1-3H3. The highest BCUT2D eigenvalue weighted by molar-refractivity contribution is 7.89. The second kappa shape index (κ2) is 8.82. The zero-order chi connectivity index (χ0) is 19.2. The van der Waals surface area contributed by atoms with E-state index >= 15 is 0 Å². The van der Waals surface area contributed by atoms with Crippen molar-refractivity contribution in [3.05, 3.63) is 59.7 Å². The van der Waals surface area contributed by atoms with Gasteiger partial charge in [0.1, 0.15) is 25.5 Å². The van der Waals surface area contributed by atoms with Crippen molar-refractivity contribution in [3.63, 3.8) is 0 Å². The lowest BCUT2D eigenvalue weighted by molar-refractivity contribution is -0.144. The summed E-state index contributed by atoms with van der Waals surface area (Å²) in [7, 11) is -2.38. The van der Waals surface area contributed by atoms with Crippen molar-refractivity contribution in [3.8, 4) is 5.75 Å². The SMILES string of the molecule is Cc1ccc(S(=O)(=O)N(C)CC(=O)OCCOc2cccc(C)c2)cc1. The molecule has 0 aromatic heterocycles. The van der Waals surface area contributed by atoms with E-state index in [1.807, 2.05) is 38.1 Å². The van der Waals surface area contributed by atoms with E-state index in [4.69, 9.17) is 9.47 Å². The van der Waals surface area contributed by atoms with Crippen molar-refractivity contribution in [2.24, 2.45) is 0 Å². The lowest BCUT2D eigenvalue weighted by Gasteiger charge is -2.16. The van der Waals surface area contributed by atoms with Crippen LogP contribution in [0.2, 0.25) is 0 Å². The third kappa shape index (κ3) is 5.57. The van der Waals surface area contributed by atoms with Gasteiger partial charge in [0.2, 0.25) is 10.0 Å². The van der Waals surface area contributed by atoms with E-state index < -0.39 is 16.0 Å². The average Bonchev–Trinajstić information content (AvgIpc) is 2.59. The summed E-state index contributed by atoms with van der Waals surface area (Å²) < 4.78 is 36.3. The predicted octanol–water partition coefficient (Wildman–Crippen LogP) is 2.55. The number of rotatable bonds is 8. The van der Waals surface area contributed by atoms with Crippen LogP contribution >= 0.6 is 0 Å². The number of esters is 1. The second-order valence-corrected chi connectivity index (χ2v) is 8.00. The number of hydrogen-bond donors (Lipinski definition) is 0. The van der Waals surface area contributed by atoms with Gasteiger partial charge in [0, 0.05) is 7.05 Å². The summed E-state index contributed by atoms with van der Waals surface area (Å²) in [5.74, 6) is 0.0659. The summed E-state index contributed by atoms with van der Waals surface area (Å²) in [5, 5.41) is 0. The molecule has 0 amide bonds. The number of benzene rings is 2. The van der Waals surface area contributed by atoms with Crippen LogP contribution in [0, 0.1) is 13.8 Å². The first-order valence-electron chi connectivity index (χ1n) is 8.17. The molecule has 0 aliphatic rings. The van der Waals surface area contributed by atoms with Crippen molar-refractivity contribution in [2.75, 3.05) is 26.8 Å². The van der Waals surface area contributed by atoms with Gasteiger partial charge in [-0.2, -0.15) is 4.31 Å². The van der Waals surface area contributed by atoms with E-state index in [1.165, 1.54) is 19.2 Å². The first-order chi connectivity index (χ1) is 12.3. The quantitative estimate of drug-likeness (QED) is 0.522. The van der Waals surface area contributed by atoms with Gasteiger partial charge in [-0.25, -0.2) is 8.42 Å². The van der Waals surface area contributed by atoms with Crippen LogP contribution in [0.1, 0.15) is 11.1 Å². The molecule has 0 atom stereocenters. The molecule has 0 fully saturated rings. The van der Waals surface area contributed by atoms with Crippen molar-refractivity contribution in [1.82, 2.24) is 4.31 Å². The molecule has 0 heterocycles. The maximum absolute atomic E-state index is 12.4. The monoisotopic (exact) mass is 377 g/mol. The van der Waals surface area contributed by atoms with Gasteiger partial charge in [-0.3, -0.25) is 4.79 Å². The number of sulfonamides is 1. The topological polar surface area (TPSA) is 72.9 Å². The highest BCUT2D eigenvalue weighted by Crippen LogP contribution is 2.15. The second-order valence-electron chi connectivity index (χ2n) is 5.96. The van der Waals surface area contributed by atoms with Crippen LogP contribution in [0.5, 0.6) is 5.75 Å². The lowest BCUT2D eigenvalue weighted by atomic mass is 10.2. The minimum atomic E-state index is -3.73. The summed E-state index contributed by atoms with van der Waals surface area (Å²) in [4.78, 5) is 12.0. The van der Waals surface area contributed by atoms with E-state index in [0.717, 1.165) is 15.4 Å². The van der Waals surface area contributed by atoms with Gasteiger partial charge in [-0.05, 0) is 43.7 Å². The summed E-state index contributed by atoms with van der Waals surface area (Å²) in [6, 6.07) is 14.0. The molecule has 2 rings (SSSR count). The molecule has 0 aliphatic carbocycles. The van der Waals surface area contributed by atoms with Crippen LogP contribution < -0.4 is 4.74 Å². The Labute approximate surface area is 154 Å². The van der Waals surface area contributed by atoms with Crippen LogP contribution in [0.4, 0.5) is 0 Å². The number of hydrogen-bond acceptors (Lipinski definition) is 5. The van der Waals surface area contributed by atoms with Crippen molar-refractivity contribution in [2.45, 2.75) is 18.7 Å². The molecule has 0 spiro atoms. The van der Waals surface area contributed by atoms with Gasteiger partial charge >= 0.3 is 5.97 Å². The molecule has 6 nitrogen and oxygen atoms in total. The Kier molecular flexibility index (Phi) is 6.76. The number of nitrogens with zero attached hydrogens (tertiary/aromatic N) is 1. The molecule has 0 saturated heterocycles. The Balaban J connectivity index is 1.80. The summed E-state index contributed by atoms with van der Waals surface area (Å²) in [5.41, 5.74) is 2.03. The fourth-order valence-corrected chi connectivity index (χ4v) is 3.34. The number of ether oxygens (including phenoxy) is 2. The lowest BCUT2D eigenvalue weighted by Crippen LogP contribution is -2.33. The molecule has 0 N–H and O–H groups in total. The van der Waals surface area contributed by atoms with Gasteiger partial charge in [-0.15, -0.1) is 0 Å². The predicted molar refractivity (Wildman–Crippen MR) is 98.6 cm³/mol. The Morgan fingerprint density at radius 2 is 1.69 bits per heavy atom. The number of carbonyl (C=O) groups excluding carboxylic acids is 1. The molecule has 0 bridgehead atoms. The number of carbonyl (C=O) groups is 1. The van der Waals surface area contributed by atoms with Gasteiger partial charge in [0.05, 0.1) is 4.90 Å². The molecule has 2 aromatic rings.